The molecule has 0 saturated heterocycles. The molecule has 0 aliphatic heterocycles. The number of hydrogen-bond donors (Lipinski definition) is 0. The van der Waals surface area contributed by atoms with E-state index in [-0.39, 0.29) is 10.8 Å². The first-order valence-electron chi connectivity index (χ1n) is 17.4. The molecule has 0 bridgehead atoms. The summed E-state index contributed by atoms with van der Waals surface area (Å²) in [6.45, 7) is 20.5. The molecule has 0 saturated carbocycles. The Morgan fingerprint density at radius 3 is 1.92 bits per heavy atom. The van der Waals surface area contributed by atoms with Crippen LogP contribution in [0.2, 0.25) is 0 Å². The minimum atomic E-state index is -0.0770. The van der Waals surface area contributed by atoms with Gasteiger partial charge in [0.25, 0.3) is 6.33 Å². The van der Waals surface area contributed by atoms with E-state index in [4.69, 9.17) is 4.74 Å². The Labute approximate surface area is 296 Å². The predicted octanol–water partition coefficient (Wildman–Crippen LogP) is 11.1. The number of nitrogens with zero attached hydrogens (tertiary/aromatic N) is 4. The van der Waals surface area contributed by atoms with Crippen molar-refractivity contribution in [3.05, 3.63) is 150 Å². The standard InChI is InChI=1S/C45H47N4O/c1-30-21-31(2)42(32(3)22-30)48-29-47(41-24-35(44(4,5)6)23-40(43(41)48)45(7,8)9)36-17-13-19-38(25-36)50-39-20-14-18-37(26-39)49-28-34(27-46-49)33-15-11-10-12-16-33/h10-29H,1-9H3/q+1. The highest BCUT2D eigenvalue weighted by atomic mass is 16.5. The Bertz CT molecular complexity index is 2320. The second kappa shape index (κ2) is 12.5. The molecule has 0 fully saturated rings. The number of ether oxygens (including phenoxy) is 1. The number of rotatable bonds is 6. The van der Waals surface area contributed by atoms with Crippen molar-refractivity contribution in [3.8, 4) is 39.7 Å². The molecule has 5 aromatic carbocycles. The summed E-state index contributed by atoms with van der Waals surface area (Å²) in [5, 5.41) is 4.64. The Kier molecular flexibility index (Phi) is 8.26. The van der Waals surface area contributed by atoms with Crippen LogP contribution in [0.15, 0.2) is 122 Å². The topological polar surface area (TPSA) is 35.9 Å². The van der Waals surface area contributed by atoms with Gasteiger partial charge in [-0.3, -0.25) is 0 Å². The number of aryl methyl sites for hydroxylation is 3. The van der Waals surface area contributed by atoms with Gasteiger partial charge in [0, 0.05) is 29.5 Å². The Morgan fingerprint density at radius 1 is 0.640 bits per heavy atom. The van der Waals surface area contributed by atoms with Crippen LogP contribution in [0.4, 0.5) is 0 Å². The van der Waals surface area contributed by atoms with E-state index in [9.17, 15) is 0 Å². The van der Waals surface area contributed by atoms with Crippen molar-refractivity contribution in [2.24, 2.45) is 0 Å². The largest absolute Gasteiger partial charge is 0.457 e. The van der Waals surface area contributed by atoms with Gasteiger partial charge < -0.3 is 4.74 Å². The summed E-state index contributed by atoms with van der Waals surface area (Å²) in [7, 11) is 0. The van der Waals surface area contributed by atoms with E-state index in [1.54, 1.807) is 0 Å². The van der Waals surface area contributed by atoms with Gasteiger partial charge in [0.05, 0.1) is 11.9 Å². The van der Waals surface area contributed by atoms with Crippen molar-refractivity contribution in [1.82, 2.24) is 14.3 Å². The zero-order chi connectivity index (χ0) is 35.4. The fourth-order valence-corrected chi connectivity index (χ4v) is 6.99. The molecule has 0 aliphatic rings. The van der Waals surface area contributed by atoms with Gasteiger partial charge in [0.2, 0.25) is 0 Å². The lowest BCUT2D eigenvalue weighted by atomic mass is 9.80. The summed E-state index contributed by atoms with van der Waals surface area (Å²) in [6, 6.07) is 36.2. The maximum Gasteiger partial charge on any atom is 0.255 e. The molecule has 0 N–H and O–H groups in total. The van der Waals surface area contributed by atoms with Gasteiger partial charge in [-0.05, 0) is 84.2 Å². The fraction of sp³-hybridized carbons (Fsp3) is 0.244. The lowest BCUT2D eigenvalue weighted by Crippen LogP contribution is -2.34. The van der Waals surface area contributed by atoms with Crippen molar-refractivity contribution in [2.75, 3.05) is 0 Å². The van der Waals surface area contributed by atoms with Gasteiger partial charge in [-0.25, -0.2) is 4.68 Å². The van der Waals surface area contributed by atoms with Crippen LogP contribution in [-0.2, 0) is 10.8 Å². The van der Waals surface area contributed by atoms with Gasteiger partial charge in [-0.15, -0.1) is 0 Å². The zero-order valence-electron chi connectivity index (χ0n) is 30.7. The molecule has 0 atom stereocenters. The molecule has 2 aromatic heterocycles. The van der Waals surface area contributed by atoms with E-state index in [1.807, 2.05) is 59.4 Å². The van der Waals surface area contributed by atoms with E-state index < -0.39 is 0 Å². The van der Waals surface area contributed by atoms with Crippen LogP contribution in [-0.4, -0.2) is 14.3 Å². The molecule has 0 unspecified atom stereocenters. The molecular weight excluding hydrogens is 613 g/mol. The van der Waals surface area contributed by atoms with Crippen LogP contribution in [0.1, 0.15) is 69.4 Å². The van der Waals surface area contributed by atoms with Gasteiger partial charge in [-0.1, -0.05) is 108 Å². The number of aromatic nitrogens is 4. The van der Waals surface area contributed by atoms with E-state index in [0.29, 0.717) is 0 Å². The molecule has 5 heteroatoms. The summed E-state index contributed by atoms with van der Waals surface area (Å²) in [6.07, 6.45) is 6.21. The normalized spacial score (nSPS) is 12.1. The molecule has 7 rings (SSSR count). The quantitative estimate of drug-likeness (QED) is 0.167. The second-order valence-electron chi connectivity index (χ2n) is 15.6. The molecule has 7 aromatic rings. The summed E-state index contributed by atoms with van der Waals surface area (Å²) in [5.41, 5.74) is 14.2. The third-order valence-electron chi connectivity index (χ3n) is 9.47. The maximum atomic E-state index is 6.54. The molecule has 5 nitrogen and oxygen atoms in total. The van der Waals surface area contributed by atoms with Crippen molar-refractivity contribution in [3.63, 3.8) is 0 Å². The third kappa shape index (κ3) is 6.36. The highest BCUT2D eigenvalue weighted by molar-refractivity contribution is 5.81. The zero-order valence-corrected chi connectivity index (χ0v) is 30.7. The maximum absolute atomic E-state index is 6.54. The van der Waals surface area contributed by atoms with Crippen LogP contribution >= 0.6 is 0 Å². The van der Waals surface area contributed by atoms with Crippen LogP contribution in [0.3, 0.4) is 0 Å². The van der Waals surface area contributed by atoms with Crippen molar-refractivity contribution < 1.29 is 9.30 Å². The molecule has 252 valence electrons. The van der Waals surface area contributed by atoms with E-state index in [2.05, 4.69) is 144 Å². The van der Waals surface area contributed by atoms with Crippen LogP contribution in [0.25, 0.3) is 39.2 Å². The predicted molar refractivity (Wildman–Crippen MR) is 205 cm³/mol. The van der Waals surface area contributed by atoms with Crippen LogP contribution in [0, 0.1) is 20.8 Å². The van der Waals surface area contributed by atoms with Crippen LogP contribution < -0.4 is 9.30 Å². The minimum Gasteiger partial charge on any atom is -0.457 e. The molecule has 0 amide bonds. The smallest absolute Gasteiger partial charge is 0.255 e. The van der Waals surface area contributed by atoms with Gasteiger partial charge in [0.1, 0.15) is 22.9 Å². The van der Waals surface area contributed by atoms with Crippen molar-refractivity contribution in [1.29, 1.82) is 0 Å². The first-order chi connectivity index (χ1) is 23.8. The first kappa shape index (κ1) is 33.1. The van der Waals surface area contributed by atoms with Crippen molar-refractivity contribution in [2.45, 2.75) is 73.1 Å². The summed E-state index contributed by atoms with van der Waals surface area (Å²) in [5.74, 6) is 1.52. The summed E-state index contributed by atoms with van der Waals surface area (Å²) < 4.78 is 13.2. The van der Waals surface area contributed by atoms with E-state index >= 15 is 0 Å². The first-order valence-corrected chi connectivity index (χ1v) is 17.4. The Hall–Kier alpha value is -5.42. The summed E-state index contributed by atoms with van der Waals surface area (Å²) in [4.78, 5) is 0. The fourth-order valence-electron chi connectivity index (χ4n) is 6.99. The van der Waals surface area contributed by atoms with Gasteiger partial charge in [-0.2, -0.15) is 14.2 Å². The Morgan fingerprint density at radius 2 is 1.28 bits per heavy atom. The third-order valence-corrected chi connectivity index (χ3v) is 9.47. The average Bonchev–Trinajstić information content (AvgIpc) is 3.70. The molecule has 2 heterocycles. The lowest BCUT2D eigenvalue weighted by Gasteiger charge is -2.25. The monoisotopic (exact) mass is 659 g/mol. The summed E-state index contributed by atoms with van der Waals surface area (Å²) >= 11 is 0. The highest BCUT2D eigenvalue weighted by Gasteiger charge is 2.31. The van der Waals surface area contributed by atoms with Crippen molar-refractivity contribution >= 4 is 11.0 Å². The van der Waals surface area contributed by atoms with Gasteiger partial charge >= 0.3 is 0 Å². The minimum absolute atomic E-state index is 0.0176. The van der Waals surface area contributed by atoms with E-state index in [0.717, 1.165) is 34.0 Å². The number of imidazole rings is 1. The number of hydrogen-bond acceptors (Lipinski definition) is 2. The van der Waals surface area contributed by atoms with Gasteiger partial charge in [0.15, 0.2) is 11.0 Å². The van der Waals surface area contributed by atoms with E-state index in [1.165, 1.54) is 44.5 Å². The molecule has 0 radical (unpaired) electrons. The average molecular weight is 660 g/mol. The molecule has 50 heavy (non-hydrogen) atoms. The molecular formula is C45H47N4O+. The lowest BCUT2D eigenvalue weighted by molar-refractivity contribution is -0.569. The molecule has 0 aliphatic carbocycles. The number of benzene rings is 5. The Balaban J connectivity index is 1.33. The highest BCUT2D eigenvalue weighted by Crippen LogP contribution is 2.37. The molecule has 0 spiro atoms. The van der Waals surface area contributed by atoms with Crippen LogP contribution in [0.5, 0.6) is 11.5 Å². The number of fused-ring (bicyclic) bond motifs is 1. The SMILES string of the molecule is Cc1cc(C)c(-[n+]2cn(-c3cccc(Oc4cccc(-n5cc(-c6ccccc6)cn5)c4)c3)c3cc(C(C)(C)C)cc(C(C)(C)C)c32)c(C)c1. The second-order valence-corrected chi connectivity index (χ2v) is 15.6.